The van der Waals surface area contributed by atoms with Gasteiger partial charge < -0.3 is 14.8 Å². The third-order valence-corrected chi connectivity index (χ3v) is 6.41. The molecule has 27 heavy (non-hydrogen) atoms. The second-order valence-electron chi connectivity index (χ2n) is 5.88. The standard InChI is InChI=1S/C18H19ClN2O5S/c1-25-14-6-7-15(26-2)16(11-14)27(23,24)21-9-8-20-18(22)17(21)12-4-3-5-13(19)10-12/h3-7,10-11,17H,8-9H2,1-2H3,(H,20,22). The Balaban J connectivity index is 2.12. The minimum Gasteiger partial charge on any atom is -0.497 e. The lowest BCUT2D eigenvalue weighted by Gasteiger charge is -2.34. The van der Waals surface area contributed by atoms with Crippen molar-refractivity contribution in [3.05, 3.63) is 53.1 Å². The quantitative estimate of drug-likeness (QED) is 0.816. The van der Waals surface area contributed by atoms with E-state index in [2.05, 4.69) is 5.32 Å². The number of rotatable bonds is 5. The van der Waals surface area contributed by atoms with Crippen LogP contribution in [0.2, 0.25) is 5.02 Å². The summed E-state index contributed by atoms with van der Waals surface area (Å²) in [5.41, 5.74) is 0.491. The van der Waals surface area contributed by atoms with Crippen molar-refractivity contribution in [2.24, 2.45) is 0 Å². The molecule has 2 aromatic carbocycles. The van der Waals surface area contributed by atoms with Gasteiger partial charge in [-0.1, -0.05) is 23.7 Å². The molecule has 1 atom stereocenters. The zero-order valence-electron chi connectivity index (χ0n) is 14.8. The van der Waals surface area contributed by atoms with Gasteiger partial charge in [0, 0.05) is 24.2 Å². The highest BCUT2D eigenvalue weighted by molar-refractivity contribution is 7.89. The molecule has 1 aliphatic rings. The van der Waals surface area contributed by atoms with Crippen LogP contribution in [-0.2, 0) is 14.8 Å². The molecule has 1 saturated heterocycles. The molecule has 1 fully saturated rings. The van der Waals surface area contributed by atoms with Crippen LogP contribution >= 0.6 is 11.6 Å². The molecule has 144 valence electrons. The molecule has 1 unspecified atom stereocenters. The molecule has 1 amide bonds. The number of halogens is 1. The molecule has 0 saturated carbocycles. The number of nitrogens with one attached hydrogen (secondary N) is 1. The SMILES string of the molecule is COc1ccc(OC)c(S(=O)(=O)N2CCNC(=O)C2c2cccc(Cl)c2)c1. The molecule has 0 bridgehead atoms. The maximum absolute atomic E-state index is 13.4. The summed E-state index contributed by atoms with van der Waals surface area (Å²) in [6.07, 6.45) is 0. The van der Waals surface area contributed by atoms with Crippen LogP contribution in [-0.4, -0.2) is 45.9 Å². The van der Waals surface area contributed by atoms with E-state index in [0.717, 1.165) is 4.31 Å². The normalized spacial score (nSPS) is 18.0. The van der Waals surface area contributed by atoms with Crippen LogP contribution < -0.4 is 14.8 Å². The van der Waals surface area contributed by atoms with Gasteiger partial charge in [0.05, 0.1) is 14.2 Å². The van der Waals surface area contributed by atoms with Gasteiger partial charge in [0.25, 0.3) is 0 Å². The molecule has 7 nitrogen and oxygen atoms in total. The predicted molar refractivity (Wildman–Crippen MR) is 101 cm³/mol. The van der Waals surface area contributed by atoms with Gasteiger partial charge in [-0.15, -0.1) is 0 Å². The summed E-state index contributed by atoms with van der Waals surface area (Å²) >= 11 is 6.04. The predicted octanol–water partition coefficient (Wildman–Crippen LogP) is 2.22. The summed E-state index contributed by atoms with van der Waals surface area (Å²) in [6.45, 7) is 0.326. The average molecular weight is 411 g/mol. The Morgan fingerprint density at radius 2 is 1.93 bits per heavy atom. The molecule has 0 aliphatic carbocycles. The van der Waals surface area contributed by atoms with Crippen molar-refractivity contribution in [3.63, 3.8) is 0 Å². The number of piperazine rings is 1. The highest BCUT2D eigenvalue weighted by Gasteiger charge is 2.40. The highest BCUT2D eigenvalue weighted by Crippen LogP contribution is 2.36. The van der Waals surface area contributed by atoms with Gasteiger partial charge in [-0.3, -0.25) is 4.79 Å². The number of carbonyl (C=O) groups excluding carboxylic acids is 1. The molecule has 3 rings (SSSR count). The Kier molecular flexibility index (Phi) is 5.59. The van der Waals surface area contributed by atoms with Crippen LogP contribution in [0.15, 0.2) is 47.4 Å². The van der Waals surface area contributed by atoms with Gasteiger partial charge in [0.2, 0.25) is 15.9 Å². The zero-order chi connectivity index (χ0) is 19.6. The monoisotopic (exact) mass is 410 g/mol. The largest absolute Gasteiger partial charge is 0.497 e. The van der Waals surface area contributed by atoms with Crippen LogP contribution in [0.3, 0.4) is 0 Å². The van der Waals surface area contributed by atoms with Crippen LogP contribution in [0.4, 0.5) is 0 Å². The average Bonchev–Trinajstić information content (AvgIpc) is 2.67. The first-order valence-corrected chi connectivity index (χ1v) is 9.97. The van der Waals surface area contributed by atoms with E-state index < -0.39 is 22.0 Å². The maximum atomic E-state index is 13.4. The highest BCUT2D eigenvalue weighted by atomic mass is 35.5. The summed E-state index contributed by atoms with van der Waals surface area (Å²) in [4.78, 5) is 12.5. The number of hydrogen-bond acceptors (Lipinski definition) is 5. The van der Waals surface area contributed by atoms with E-state index in [1.165, 1.54) is 26.4 Å². The minimum atomic E-state index is -4.06. The van der Waals surface area contributed by atoms with Crippen LogP contribution in [0.25, 0.3) is 0 Å². The van der Waals surface area contributed by atoms with Crippen molar-refractivity contribution in [2.45, 2.75) is 10.9 Å². The second kappa shape index (κ2) is 7.75. The molecule has 0 aromatic heterocycles. The number of nitrogens with zero attached hydrogens (tertiary/aromatic N) is 1. The number of carbonyl (C=O) groups is 1. The van der Waals surface area contributed by atoms with Crippen molar-refractivity contribution in [3.8, 4) is 11.5 Å². The summed E-state index contributed by atoms with van der Waals surface area (Å²) < 4.78 is 38.4. The van der Waals surface area contributed by atoms with Gasteiger partial charge in [-0.05, 0) is 29.8 Å². The van der Waals surface area contributed by atoms with Crippen molar-refractivity contribution in [1.29, 1.82) is 0 Å². The van der Waals surface area contributed by atoms with Gasteiger partial charge in [-0.2, -0.15) is 4.31 Å². The Hall–Kier alpha value is -2.29. The second-order valence-corrected chi connectivity index (χ2v) is 8.18. The molecular formula is C18H19ClN2O5S. The molecule has 0 radical (unpaired) electrons. The molecule has 1 aliphatic heterocycles. The van der Waals surface area contributed by atoms with Crippen LogP contribution in [0, 0.1) is 0 Å². The Labute approximate surface area is 162 Å². The van der Waals surface area contributed by atoms with Crippen molar-refractivity contribution >= 4 is 27.5 Å². The van der Waals surface area contributed by atoms with E-state index in [4.69, 9.17) is 21.1 Å². The molecular weight excluding hydrogens is 392 g/mol. The third kappa shape index (κ3) is 3.73. The number of methoxy groups -OCH3 is 2. The van der Waals surface area contributed by atoms with E-state index in [-0.39, 0.29) is 23.7 Å². The zero-order valence-corrected chi connectivity index (χ0v) is 16.4. The van der Waals surface area contributed by atoms with Gasteiger partial charge in [0.15, 0.2) is 0 Å². The summed E-state index contributed by atoms with van der Waals surface area (Å²) in [5, 5.41) is 3.13. The molecule has 2 aromatic rings. The number of amides is 1. The van der Waals surface area contributed by atoms with Gasteiger partial charge >= 0.3 is 0 Å². The summed E-state index contributed by atoms with van der Waals surface area (Å²) in [6, 6.07) is 10.1. The topological polar surface area (TPSA) is 84.9 Å². The van der Waals surface area contributed by atoms with E-state index in [9.17, 15) is 13.2 Å². The Bertz CT molecular complexity index is 964. The molecule has 0 spiro atoms. The molecule has 1 N–H and O–H groups in total. The van der Waals surface area contributed by atoms with E-state index in [0.29, 0.717) is 16.3 Å². The molecule has 9 heteroatoms. The Morgan fingerprint density at radius 1 is 1.15 bits per heavy atom. The van der Waals surface area contributed by atoms with Crippen molar-refractivity contribution in [2.75, 3.05) is 27.3 Å². The number of sulfonamides is 1. The maximum Gasteiger partial charge on any atom is 0.248 e. The lowest BCUT2D eigenvalue weighted by Crippen LogP contribution is -2.52. The summed E-state index contributed by atoms with van der Waals surface area (Å²) in [7, 11) is -1.22. The molecule has 1 heterocycles. The summed E-state index contributed by atoms with van der Waals surface area (Å²) in [5.74, 6) is 0.135. The minimum absolute atomic E-state index is 0.0638. The Morgan fingerprint density at radius 3 is 2.59 bits per heavy atom. The third-order valence-electron chi connectivity index (χ3n) is 4.29. The van der Waals surface area contributed by atoms with Crippen molar-refractivity contribution < 1.29 is 22.7 Å². The lowest BCUT2D eigenvalue weighted by molar-refractivity contribution is -0.126. The first-order valence-electron chi connectivity index (χ1n) is 8.15. The van der Waals surface area contributed by atoms with Crippen molar-refractivity contribution in [1.82, 2.24) is 9.62 Å². The van der Waals surface area contributed by atoms with E-state index in [1.54, 1.807) is 30.3 Å². The number of hydrogen-bond donors (Lipinski definition) is 1. The van der Waals surface area contributed by atoms with Crippen LogP contribution in [0.5, 0.6) is 11.5 Å². The van der Waals surface area contributed by atoms with Crippen LogP contribution in [0.1, 0.15) is 11.6 Å². The number of ether oxygens (including phenoxy) is 2. The number of benzene rings is 2. The smallest absolute Gasteiger partial charge is 0.248 e. The van der Waals surface area contributed by atoms with Gasteiger partial charge in [-0.25, -0.2) is 8.42 Å². The van der Waals surface area contributed by atoms with E-state index in [1.807, 2.05) is 0 Å². The fourth-order valence-corrected chi connectivity index (χ4v) is 4.96. The lowest BCUT2D eigenvalue weighted by atomic mass is 10.0. The van der Waals surface area contributed by atoms with Gasteiger partial charge in [0.1, 0.15) is 22.4 Å². The fraction of sp³-hybridized carbons (Fsp3) is 0.278. The fourth-order valence-electron chi connectivity index (χ4n) is 3.01. The first-order chi connectivity index (χ1) is 12.9. The first kappa shape index (κ1) is 19.5. The van der Waals surface area contributed by atoms with E-state index >= 15 is 0 Å².